The Morgan fingerprint density at radius 2 is 2.00 bits per heavy atom. The smallest absolute Gasteiger partial charge is 0.224 e. The summed E-state index contributed by atoms with van der Waals surface area (Å²) in [5.41, 5.74) is -0.179. The molecule has 5 heteroatoms. The monoisotopic (exact) mass is 297 g/mol. The molecular formula is C16H21F2NO2. The van der Waals surface area contributed by atoms with Crippen molar-refractivity contribution in [2.45, 2.75) is 32.6 Å². The number of benzene rings is 1. The molecule has 1 aromatic carbocycles. The molecule has 0 saturated heterocycles. The van der Waals surface area contributed by atoms with Crippen molar-refractivity contribution in [1.29, 1.82) is 0 Å². The van der Waals surface area contributed by atoms with Gasteiger partial charge in [0.1, 0.15) is 11.6 Å². The van der Waals surface area contributed by atoms with Crippen molar-refractivity contribution < 1.29 is 18.3 Å². The third-order valence-electron chi connectivity index (χ3n) is 4.09. The van der Waals surface area contributed by atoms with Crippen LogP contribution in [0.15, 0.2) is 18.2 Å². The first-order chi connectivity index (χ1) is 10.1. The SMILES string of the molecule is CCOCC1(CNC(=O)Cc2c(F)cccc2F)CCC1. The third kappa shape index (κ3) is 4.00. The van der Waals surface area contributed by atoms with Gasteiger partial charge in [0.15, 0.2) is 0 Å². The third-order valence-corrected chi connectivity index (χ3v) is 4.09. The van der Waals surface area contributed by atoms with Crippen LogP contribution in [0, 0.1) is 17.0 Å². The van der Waals surface area contributed by atoms with E-state index in [2.05, 4.69) is 5.32 Å². The Bertz CT molecular complexity index is 481. The van der Waals surface area contributed by atoms with Gasteiger partial charge in [-0.05, 0) is 31.9 Å². The van der Waals surface area contributed by atoms with Crippen molar-refractivity contribution >= 4 is 5.91 Å². The maximum Gasteiger partial charge on any atom is 0.224 e. The van der Waals surface area contributed by atoms with Crippen LogP contribution in [0.1, 0.15) is 31.7 Å². The number of ether oxygens (including phenoxy) is 1. The van der Waals surface area contributed by atoms with Gasteiger partial charge < -0.3 is 10.1 Å². The normalized spacial score (nSPS) is 16.3. The molecule has 0 aliphatic heterocycles. The molecule has 0 radical (unpaired) electrons. The Labute approximate surface area is 123 Å². The predicted molar refractivity (Wildman–Crippen MR) is 75.8 cm³/mol. The fourth-order valence-electron chi connectivity index (χ4n) is 2.58. The van der Waals surface area contributed by atoms with Crippen LogP contribution in [0.4, 0.5) is 8.78 Å². The van der Waals surface area contributed by atoms with Crippen LogP contribution in [0.3, 0.4) is 0 Å². The molecule has 1 aromatic rings. The standard InChI is InChI=1S/C16H21F2NO2/c1-2-21-11-16(7-4-8-16)10-19-15(20)9-12-13(17)5-3-6-14(12)18/h3,5-6H,2,4,7-11H2,1H3,(H,19,20). The van der Waals surface area contributed by atoms with E-state index in [0.29, 0.717) is 19.8 Å². The average molecular weight is 297 g/mol. The van der Waals surface area contributed by atoms with Crippen LogP contribution in [-0.2, 0) is 16.0 Å². The van der Waals surface area contributed by atoms with E-state index in [-0.39, 0.29) is 23.3 Å². The molecule has 0 heterocycles. The molecular weight excluding hydrogens is 276 g/mol. The van der Waals surface area contributed by atoms with Crippen molar-refractivity contribution in [3.05, 3.63) is 35.4 Å². The van der Waals surface area contributed by atoms with E-state index in [9.17, 15) is 13.6 Å². The molecule has 1 aliphatic rings. The Morgan fingerprint density at radius 1 is 1.33 bits per heavy atom. The summed E-state index contributed by atoms with van der Waals surface area (Å²) in [6.07, 6.45) is 2.89. The summed E-state index contributed by atoms with van der Waals surface area (Å²) < 4.78 is 32.4. The predicted octanol–water partition coefficient (Wildman–Crippen LogP) is 2.83. The maximum atomic E-state index is 13.5. The molecule has 0 spiro atoms. The maximum absolute atomic E-state index is 13.5. The lowest BCUT2D eigenvalue weighted by atomic mass is 9.69. The fourth-order valence-corrected chi connectivity index (χ4v) is 2.58. The summed E-state index contributed by atoms with van der Waals surface area (Å²) in [5.74, 6) is -1.72. The van der Waals surface area contributed by atoms with Gasteiger partial charge in [-0.25, -0.2) is 8.78 Å². The molecule has 2 rings (SSSR count). The minimum atomic E-state index is -0.683. The number of hydrogen-bond donors (Lipinski definition) is 1. The van der Waals surface area contributed by atoms with Crippen LogP contribution in [0.25, 0.3) is 0 Å². The largest absolute Gasteiger partial charge is 0.381 e. The lowest BCUT2D eigenvalue weighted by molar-refractivity contribution is -0.121. The van der Waals surface area contributed by atoms with Crippen LogP contribution < -0.4 is 5.32 Å². The zero-order valence-corrected chi connectivity index (χ0v) is 12.3. The van der Waals surface area contributed by atoms with Crippen LogP contribution >= 0.6 is 0 Å². The number of hydrogen-bond acceptors (Lipinski definition) is 2. The van der Waals surface area contributed by atoms with Crippen LogP contribution in [0.5, 0.6) is 0 Å². The molecule has 0 aromatic heterocycles. The van der Waals surface area contributed by atoms with Gasteiger partial charge in [-0.15, -0.1) is 0 Å². The Kier molecular flexibility index (Phi) is 5.28. The Balaban J connectivity index is 1.87. The zero-order valence-electron chi connectivity index (χ0n) is 12.3. The molecule has 0 bridgehead atoms. The zero-order chi connectivity index (χ0) is 15.3. The second-order valence-corrected chi connectivity index (χ2v) is 5.64. The highest BCUT2D eigenvalue weighted by molar-refractivity contribution is 5.78. The number of carbonyl (C=O) groups excluding carboxylic acids is 1. The van der Waals surface area contributed by atoms with Crippen molar-refractivity contribution in [2.24, 2.45) is 5.41 Å². The Hall–Kier alpha value is -1.49. The first-order valence-corrected chi connectivity index (χ1v) is 7.34. The van der Waals surface area contributed by atoms with E-state index < -0.39 is 11.6 Å². The highest BCUT2D eigenvalue weighted by Crippen LogP contribution is 2.40. The summed E-state index contributed by atoms with van der Waals surface area (Å²) in [5, 5.41) is 2.78. The molecule has 1 amide bonds. The van der Waals surface area contributed by atoms with E-state index in [1.54, 1.807) is 0 Å². The van der Waals surface area contributed by atoms with Crippen molar-refractivity contribution in [3.8, 4) is 0 Å². The average Bonchev–Trinajstić information content (AvgIpc) is 2.41. The van der Waals surface area contributed by atoms with Gasteiger partial charge in [0.25, 0.3) is 0 Å². The summed E-state index contributed by atoms with van der Waals surface area (Å²) >= 11 is 0. The number of carbonyl (C=O) groups is 1. The van der Waals surface area contributed by atoms with Gasteiger partial charge in [0, 0.05) is 24.1 Å². The minimum Gasteiger partial charge on any atom is -0.381 e. The van der Waals surface area contributed by atoms with E-state index in [4.69, 9.17) is 4.74 Å². The first kappa shape index (κ1) is 15.9. The molecule has 0 atom stereocenters. The highest BCUT2D eigenvalue weighted by atomic mass is 19.1. The second kappa shape index (κ2) is 6.98. The molecule has 1 fully saturated rings. The molecule has 1 aliphatic carbocycles. The van der Waals surface area contributed by atoms with Gasteiger partial charge in [0.05, 0.1) is 13.0 Å². The summed E-state index contributed by atoms with van der Waals surface area (Å²) in [6.45, 7) is 3.71. The van der Waals surface area contributed by atoms with Gasteiger partial charge >= 0.3 is 0 Å². The van der Waals surface area contributed by atoms with Gasteiger partial charge in [0.2, 0.25) is 5.91 Å². The lowest BCUT2D eigenvalue weighted by Gasteiger charge is -2.41. The molecule has 116 valence electrons. The Morgan fingerprint density at radius 3 is 2.52 bits per heavy atom. The molecule has 1 saturated carbocycles. The highest BCUT2D eigenvalue weighted by Gasteiger charge is 2.37. The van der Waals surface area contributed by atoms with Crippen molar-refractivity contribution in [1.82, 2.24) is 5.32 Å². The summed E-state index contributed by atoms with van der Waals surface area (Å²) in [6, 6.07) is 3.61. The second-order valence-electron chi connectivity index (χ2n) is 5.64. The fraction of sp³-hybridized carbons (Fsp3) is 0.562. The molecule has 3 nitrogen and oxygen atoms in total. The number of rotatable bonds is 7. The number of amides is 1. The number of halogens is 2. The van der Waals surface area contributed by atoms with Gasteiger partial charge in [-0.1, -0.05) is 12.5 Å². The molecule has 1 N–H and O–H groups in total. The van der Waals surface area contributed by atoms with Crippen LogP contribution in [0.2, 0.25) is 0 Å². The number of nitrogens with one attached hydrogen (secondary N) is 1. The van der Waals surface area contributed by atoms with E-state index in [1.165, 1.54) is 6.07 Å². The van der Waals surface area contributed by atoms with E-state index in [0.717, 1.165) is 31.4 Å². The van der Waals surface area contributed by atoms with E-state index >= 15 is 0 Å². The topological polar surface area (TPSA) is 38.3 Å². The lowest BCUT2D eigenvalue weighted by Crippen LogP contribution is -2.45. The van der Waals surface area contributed by atoms with Crippen molar-refractivity contribution in [3.63, 3.8) is 0 Å². The van der Waals surface area contributed by atoms with Crippen LogP contribution in [-0.4, -0.2) is 25.7 Å². The van der Waals surface area contributed by atoms with Gasteiger partial charge in [-0.3, -0.25) is 4.79 Å². The minimum absolute atomic E-state index is 0.000548. The first-order valence-electron chi connectivity index (χ1n) is 7.34. The summed E-state index contributed by atoms with van der Waals surface area (Å²) in [4.78, 5) is 11.9. The quantitative estimate of drug-likeness (QED) is 0.840. The van der Waals surface area contributed by atoms with E-state index in [1.807, 2.05) is 6.92 Å². The molecule has 0 unspecified atom stereocenters. The summed E-state index contributed by atoms with van der Waals surface area (Å²) in [7, 11) is 0. The van der Waals surface area contributed by atoms with Gasteiger partial charge in [-0.2, -0.15) is 0 Å². The van der Waals surface area contributed by atoms with Crippen molar-refractivity contribution in [2.75, 3.05) is 19.8 Å². The molecule has 21 heavy (non-hydrogen) atoms.